The summed E-state index contributed by atoms with van der Waals surface area (Å²) >= 11 is 0. The molecule has 3 rings (SSSR count). The summed E-state index contributed by atoms with van der Waals surface area (Å²) in [7, 11) is 0. The second-order valence-electron chi connectivity index (χ2n) is 4.74. The van der Waals surface area contributed by atoms with Gasteiger partial charge in [0.25, 0.3) is 0 Å². The number of anilines is 2. The highest BCUT2D eigenvalue weighted by Gasteiger charge is 2.11. The van der Waals surface area contributed by atoms with Crippen molar-refractivity contribution in [2.75, 3.05) is 17.2 Å². The molecule has 0 saturated carbocycles. The van der Waals surface area contributed by atoms with Crippen LogP contribution < -0.4 is 10.6 Å². The summed E-state index contributed by atoms with van der Waals surface area (Å²) in [6, 6.07) is 15.9. The van der Waals surface area contributed by atoms with Crippen molar-refractivity contribution in [2.45, 2.75) is 0 Å². The first-order chi connectivity index (χ1) is 9.74. The van der Waals surface area contributed by atoms with E-state index in [0.29, 0.717) is 6.54 Å². The van der Waals surface area contributed by atoms with E-state index in [-0.39, 0.29) is 5.88 Å². The van der Waals surface area contributed by atoms with Gasteiger partial charge >= 0.3 is 0 Å². The van der Waals surface area contributed by atoms with E-state index in [4.69, 9.17) is 5.73 Å². The summed E-state index contributed by atoms with van der Waals surface area (Å²) in [6.45, 7) is 0.681. The molecule has 3 nitrogen and oxygen atoms in total. The molecule has 0 aliphatic carbocycles. The van der Waals surface area contributed by atoms with Crippen LogP contribution in [0.4, 0.5) is 11.4 Å². The zero-order chi connectivity index (χ0) is 13.9. The Labute approximate surface area is 118 Å². The van der Waals surface area contributed by atoms with Crippen LogP contribution in [0, 0.1) is 0 Å². The predicted octanol–water partition coefficient (Wildman–Crippen LogP) is 3.71. The Morgan fingerprint density at radius 3 is 2.50 bits per heavy atom. The van der Waals surface area contributed by atoms with Crippen LogP contribution in [0.1, 0.15) is 0 Å². The SMILES string of the molecule is Nc1cccc(-c2ccc(N3CC=CC=C3O)cc2)c1. The van der Waals surface area contributed by atoms with Crippen LogP contribution in [0.15, 0.2) is 72.6 Å². The Morgan fingerprint density at radius 1 is 1.00 bits per heavy atom. The number of aliphatic hydroxyl groups is 1. The molecule has 0 atom stereocenters. The third kappa shape index (κ3) is 2.38. The van der Waals surface area contributed by atoms with E-state index in [2.05, 4.69) is 0 Å². The minimum atomic E-state index is 0.268. The molecule has 2 aromatic carbocycles. The average molecular weight is 264 g/mol. The van der Waals surface area contributed by atoms with Gasteiger partial charge < -0.3 is 15.7 Å². The molecule has 3 heteroatoms. The van der Waals surface area contributed by atoms with E-state index in [1.54, 1.807) is 6.08 Å². The first kappa shape index (κ1) is 12.4. The summed E-state index contributed by atoms with van der Waals surface area (Å²) in [5, 5.41) is 9.86. The summed E-state index contributed by atoms with van der Waals surface area (Å²) in [6.07, 6.45) is 5.55. The maximum Gasteiger partial charge on any atom is 0.191 e. The minimum absolute atomic E-state index is 0.268. The molecule has 1 aliphatic heterocycles. The number of hydrogen-bond donors (Lipinski definition) is 2. The van der Waals surface area contributed by atoms with Crippen molar-refractivity contribution in [2.24, 2.45) is 0 Å². The monoisotopic (exact) mass is 264 g/mol. The van der Waals surface area contributed by atoms with Gasteiger partial charge in [-0.25, -0.2) is 0 Å². The zero-order valence-electron chi connectivity index (χ0n) is 11.0. The van der Waals surface area contributed by atoms with Gasteiger partial charge in [0.05, 0.1) is 0 Å². The quantitative estimate of drug-likeness (QED) is 0.813. The van der Waals surface area contributed by atoms with Crippen LogP contribution in [0.5, 0.6) is 0 Å². The Balaban J connectivity index is 1.88. The highest BCUT2D eigenvalue weighted by Crippen LogP contribution is 2.26. The standard InChI is InChI=1S/C17H16N2O/c18-15-5-3-4-14(12-15)13-7-9-16(10-8-13)19-11-2-1-6-17(19)20/h1-10,12,20H,11,18H2. The third-order valence-electron chi connectivity index (χ3n) is 3.34. The molecular weight excluding hydrogens is 248 g/mol. The molecule has 0 radical (unpaired) electrons. The predicted molar refractivity (Wildman–Crippen MR) is 83.5 cm³/mol. The van der Waals surface area contributed by atoms with E-state index >= 15 is 0 Å². The topological polar surface area (TPSA) is 49.5 Å². The van der Waals surface area contributed by atoms with Crippen LogP contribution in [0.3, 0.4) is 0 Å². The van der Waals surface area contributed by atoms with Crippen LogP contribution in [-0.4, -0.2) is 11.7 Å². The lowest BCUT2D eigenvalue weighted by Gasteiger charge is -2.24. The molecule has 0 spiro atoms. The Hall–Kier alpha value is -2.68. The van der Waals surface area contributed by atoms with Gasteiger partial charge in [-0.1, -0.05) is 36.4 Å². The molecule has 1 heterocycles. The fourth-order valence-corrected chi connectivity index (χ4v) is 2.29. The maximum atomic E-state index is 9.86. The number of allylic oxidation sites excluding steroid dienone is 2. The van der Waals surface area contributed by atoms with Gasteiger partial charge in [0.15, 0.2) is 5.88 Å². The number of rotatable bonds is 2. The van der Waals surface area contributed by atoms with Gasteiger partial charge in [-0.3, -0.25) is 0 Å². The lowest BCUT2D eigenvalue weighted by atomic mass is 10.0. The average Bonchev–Trinajstić information content (AvgIpc) is 2.48. The molecule has 0 amide bonds. The third-order valence-corrected chi connectivity index (χ3v) is 3.34. The summed E-state index contributed by atoms with van der Waals surface area (Å²) in [5.41, 5.74) is 9.73. The summed E-state index contributed by atoms with van der Waals surface area (Å²) < 4.78 is 0. The molecule has 2 aromatic rings. The van der Waals surface area contributed by atoms with Gasteiger partial charge in [0.2, 0.25) is 0 Å². The first-order valence-corrected chi connectivity index (χ1v) is 6.53. The van der Waals surface area contributed by atoms with Crippen molar-refractivity contribution in [1.29, 1.82) is 0 Å². The van der Waals surface area contributed by atoms with Crippen LogP contribution >= 0.6 is 0 Å². The minimum Gasteiger partial charge on any atom is -0.494 e. The highest BCUT2D eigenvalue weighted by molar-refractivity contribution is 5.69. The van der Waals surface area contributed by atoms with Gasteiger partial charge in [-0.2, -0.15) is 0 Å². The van der Waals surface area contributed by atoms with Crippen molar-refractivity contribution in [3.63, 3.8) is 0 Å². The smallest absolute Gasteiger partial charge is 0.191 e. The number of nitrogen functional groups attached to an aromatic ring is 1. The van der Waals surface area contributed by atoms with E-state index in [1.807, 2.05) is 65.6 Å². The lowest BCUT2D eigenvalue weighted by Crippen LogP contribution is -2.23. The molecule has 3 N–H and O–H groups in total. The fourth-order valence-electron chi connectivity index (χ4n) is 2.29. The number of nitrogens with zero attached hydrogens (tertiary/aromatic N) is 1. The normalized spacial score (nSPS) is 14.2. The molecule has 1 aliphatic rings. The van der Waals surface area contributed by atoms with Gasteiger partial charge in [0, 0.05) is 17.9 Å². The lowest BCUT2D eigenvalue weighted by molar-refractivity contribution is 0.392. The molecule has 0 unspecified atom stereocenters. The van der Waals surface area contributed by atoms with Crippen molar-refractivity contribution in [1.82, 2.24) is 0 Å². The van der Waals surface area contributed by atoms with Crippen molar-refractivity contribution < 1.29 is 5.11 Å². The fraction of sp³-hybridized carbons (Fsp3) is 0.0588. The molecule has 0 saturated heterocycles. The van der Waals surface area contributed by atoms with Crippen LogP contribution in [0.2, 0.25) is 0 Å². The summed E-state index contributed by atoms with van der Waals surface area (Å²) in [4.78, 5) is 1.85. The van der Waals surface area contributed by atoms with Gasteiger partial charge in [-0.05, 0) is 41.5 Å². The zero-order valence-corrected chi connectivity index (χ0v) is 11.0. The molecule has 20 heavy (non-hydrogen) atoms. The Morgan fingerprint density at radius 2 is 1.80 bits per heavy atom. The second kappa shape index (κ2) is 5.13. The largest absolute Gasteiger partial charge is 0.494 e. The highest BCUT2D eigenvalue weighted by atomic mass is 16.3. The number of aliphatic hydroxyl groups excluding tert-OH is 1. The maximum absolute atomic E-state index is 9.86. The molecule has 0 aromatic heterocycles. The molecule has 100 valence electrons. The number of benzene rings is 2. The second-order valence-corrected chi connectivity index (χ2v) is 4.74. The van der Waals surface area contributed by atoms with Crippen molar-refractivity contribution in [3.05, 3.63) is 72.6 Å². The van der Waals surface area contributed by atoms with Gasteiger partial charge in [-0.15, -0.1) is 0 Å². The molecular formula is C17H16N2O. The van der Waals surface area contributed by atoms with Crippen LogP contribution in [0.25, 0.3) is 11.1 Å². The van der Waals surface area contributed by atoms with E-state index in [1.165, 1.54) is 0 Å². The Bertz CT molecular complexity index is 672. The van der Waals surface area contributed by atoms with Crippen LogP contribution in [-0.2, 0) is 0 Å². The molecule has 0 bridgehead atoms. The number of nitrogens with two attached hydrogens (primary N) is 1. The van der Waals surface area contributed by atoms with Crippen molar-refractivity contribution >= 4 is 11.4 Å². The van der Waals surface area contributed by atoms with E-state index in [0.717, 1.165) is 22.5 Å². The van der Waals surface area contributed by atoms with Crippen molar-refractivity contribution in [3.8, 4) is 11.1 Å². The Kier molecular flexibility index (Phi) is 3.17. The molecule has 0 fully saturated rings. The first-order valence-electron chi connectivity index (χ1n) is 6.53. The number of hydrogen-bond acceptors (Lipinski definition) is 3. The van der Waals surface area contributed by atoms with Gasteiger partial charge in [0.1, 0.15) is 0 Å². The van der Waals surface area contributed by atoms with E-state index in [9.17, 15) is 5.11 Å². The summed E-state index contributed by atoms with van der Waals surface area (Å²) in [5.74, 6) is 0.268. The van der Waals surface area contributed by atoms with E-state index < -0.39 is 0 Å².